The van der Waals surface area contributed by atoms with E-state index < -0.39 is 5.97 Å². The molecular weight excluding hydrogens is 256 g/mol. The molecule has 0 aromatic rings. The molecule has 1 aliphatic carbocycles. The number of nitrogens with zero attached hydrogens (tertiary/aromatic N) is 1. The molecule has 5 heteroatoms. The molecule has 5 nitrogen and oxygen atoms in total. The van der Waals surface area contributed by atoms with Crippen molar-refractivity contribution in [3.63, 3.8) is 0 Å². The SMILES string of the molecule is CC(C)CN(CC(=O)O)C(=O)NC1CCCC(C)C1C. The second-order valence-corrected chi connectivity index (χ2v) is 6.49. The average Bonchev–Trinajstić information content (AvgIpc) is 2.33. The van der Waals surface area contributed by atoms with E-state index in [1.54, 1.807) is 0 Å². The highest BCUT2D eigenvalue weighted by atomic mass is 16.4. The van der Waals surface area contributed by atoms with E-state index in [-0.39, 0.29) is 24.5 Å². The normalized spacial score (nSPS) is 26.4. The highest BCUT2D eigenvalue weighted by Crippen LogP contribution is 2.29. The molecule has 0 saturated heterocycles. The van der Waals surface area contributed by atoms with Crippen LogP contribution in [-0.4, -0.2) is 41.1 Å². The Hall–Kier alpha value is -1.26. The van der Waals surface area contributed by atoms with Gasteiger partial charge in [-0.25, -0.2) is 4.79 Å². The lowest BCUT2D eigenvalue weighted by molar-refractivity contribution is -0.137. The number of urea groups is 1. The number of carboxylic acid groups (broad SMARTS) is 1. The quantitative estimate of drug-likeness (QED) is 0.815. The maximum atomic E-state index is 12.3. The molecule has 3 unspecified atom stereocenters. The maximum Gasteiger partial charge on any atom is 0.323 e. The maximum absolute atomic E-state index is 12.3. The number of aliphatic carboxylic acids is 1. The fourth-order valence-electron chi connectivity index (χ4n) is 2.86. The standard InChI is InChI=1S/C15H28N2O3/c1-10(2)8-17(9-14(18)19)15(20)16-13-7-5-6-11(3)12(13)4/h10-13H,5-9H2,1-4H3,(H,16,20)(H,18,19). The molecule has 0 radical (unpaired) electrons. The Bertz CT molecular complexity index is 344. The Morgan fingerprint density at radius 2 is 1.95 bits per heavy atom. The third-order valence-electron chi connectivity index (χ3n) is 4.21. The summed E-state index contributed by atoms with van der Waals surface area (Å²) in [5.74, 6) is 0.333. The van der Waals surface area contributed by atoms with Gasteiger partial charge in [-0.15, -0.1) is 0 Å². The molecule has 0 aromatic heterocycles. The monoisotopic (exact) mass is 284 g/mol. The van der Waals surface area contributed by atoms with Gasteiger partial charge in [-0.05, 0) is 24.2 Å². The number of carbonyl (C=O) groups excluding carboxylic acids is 1. The molecule has 2 amide bonds. The van der Waals surface area contributed by atoms with Crippen LogP contribution in [0.15, 0.2) is 0 Å². The Kier molecular flexibility index (Phi) is 6.30. The van der Waals surface area contributed by atoms with Gasteiger partial charge in [-0.3, -0.25) is 4.79 Å². The van der Waals surface area contributed by atoms with Gasteiger partial charge in [-0.1, -0.05) is 40.5 Å². The number of hydrogen-bond acceptors (Lipinski definition) is 2. The second kappa shape index (κ2) is 7.50. The summed E-state index contributed by atoms with van der Waals surface area (Å²) < 4.78 is 0. The van der Waals surface area contributed by atoms with Crippen molar-refractivity contribution in [3.05, 3.63) is 0 Å². The summed E-state index contributed by atoms with van der Waals surface area (Å²) >= 11 is 0. The van der Waals surface area contributed by atoms with Crippen LogP contribution in [0.2, 0.25) is 0 Å². The number of carboxylic acids is 1. The lowest BCUT2D eigenvalue weighted by atomic mass is 9.78. The Balaban J connectivity index is 2.62. The van der Waals surface area contributed by atoms with Gasteiger partial charge < -0.3 is 15.3 Å². The predicted octanol–water partition coefficient (Wildman–Crippen LogP) is 2.56. The molecule has 0 heterocycles. The zero-order chi connectivity index (χ0) is 15.3. The van der Waals surface area contributed by atoms with E-state index in [1.165, 1.54) is 11.3 Å². The zero-order valence-electron chi connectivity index (χ0n) is 13.1. The third kappa shape index (κ3) is 5.02. The minimum atomic E-state index is -0.967. The van der Waals surface area contributed by atoms with Crippen molar-refractivity contribution in [2.45, 2.75) is 53.0 Å². The van der Waals surface area contributed by atoms with Crippen molar-refractivity contribution >= 4 is 12.0 Å². The van der Waals surface area contributed by atoms with Crippen molar-refractivity contribution in [2.24, 2.45) is 17.8 Å². The van der Waals surface area contributed by atoms with Gasteiger partial charge in [0.2, 0.25) is 0 Å². The topological polar surface area (TPSA) is 69.6 Å². The first-order valence-electron chi connectivity index (χ1n) is 7.58. The summed E-state index contributed by atoms with van der Waals surface area (Å²) in [6.07, 6.45) is 3.32. The molecule has 116 valence electrons. The number of amides is 2. The third-order valence-corrected chi connectivity index (χ3v) is 4.21. The van der Waals surface area contributed by atoms with E-state index in [9.17, 15) is 9.59 Å². The molecule has 20 heavy (non-hydrogen) atoms. The van der Waals surface area contributed by atoms with Crippen LogP contribution >= 0.6 is 0 Å². The van der Waals surface area contributed by atoms with Gasteiger partial charge in [0.05, 0.1) is 0 Å². The van der Waals surface area contributed by atoms with E-state index in [0.29, 0.717) is 18.4 Å². The first-order valence-corrected chi connectivity index (χ1v) is 7.58. The van der Waals surface area contributed by atoms with Crippen LogP contribution in [-0.2, 0) is 4.79 Å². The summed E-state index contributed by atoms with van der Waals surface area (Å²) in [7, 11) is 0. The Morgan fingerprint density at radius 3 is 2.50 bits per heavy atom. The zero-order valence-corrected chi connectivity index (χ0v) is 13.1. The minimum Gasteiger partial charge on any atom is -0.480 e. The van der Waals surface area contributed by atoms with Crippen molar-refractivity contribution < 1.29 is 14.7 Å². The first kappa shape index (κ1) is 16.8. The summed E-state index contributed by atoms with van der Waals surface area (Å²) in [5.41, 5.74) is 0. The van der Waals surface area contributed by atoms with Gasteiger partial charge in [0.15, 0.2) is 0 Å². The van der Waals surface area contributed by atoms with E-state index in [4.69, 9.17) is 5.11 Å². The fraction of sp³-hybridized carbons (Fsp3) is 0.867. The molecular formula is C15H28N2O3. The van der Waals surface area contributed by atoms with Crippen molar-refractivity contribution in [2.75, 3.05) is 13.1 Å². The highest BCUT2D eigenvalue weighted by Gasteiger charge is 2.29. The van der Waals surface area contributed by atoms with Crippen molar-refractivity contribution in [1.29, 1.82) is 0 Å². The molecule has 0 aliphatic heterocycles. The molecule has 1 saturated carbocycles. The molecule has 0 aromatic carbocycles. The van der Waals surface area contributed by atoms with Crippen LogP contribution in [0.25, 0.3) is 0 Å². The number of carbonyl (C=O) groups is 2. The first-order chi connectivity index (χ1) is 9.31. The molecule has 1 fully saturated rings. The smallest absolute Gasteiger partial charge is 0.323 e. The van der Waals surface area contributed by atoms with Crippen molar-refractivity contribution in [1.82, 2.24) is 10.2 Å². The van der Waals surface area contributed by atoms with Gasteiger partial charge in [0, 0.05) is 12.6 Å². The van der Waals surface area contributed by atoms with Crippen molar-refractivity contribution in [3.8, 4) is 0 Å². The second-order valence-electron chi connectivity index (χ2n) is 6.49. The molecule has 2 N–H and O–H groups in total. The average molecular weight is 284 g/mol. The van der Waals surface area contributed by atoms with Gasteiger partial charge in [0.1, 0.15) is 6.54 Å². The predicted molar refractivity (Wildman–Crippen MR) is 78.5 cm³/mol. The fourth-order valence-corrected chi connectivity index (χ4v) is 2.86. The van der Waals surface area contributed by atoms with Crippen LogP contribution < -0.4 is 5.32 Å². The van der Waals surface area contributed by atoms with E-state index in [1.807, 2.05) is 13.8 Å². The largest absolute Gasteiger partial charge is 0.480 e. The van der Waals surface area contributed by atoms with E-state index >= 15 is 0 Å². The van der Waals surface area contributed by atoms with Crippen LogP contribution in [0.1, 0.15) is 47.0 Å². The number of hydrogen-bond donors (Lipinski definition) is 2. The van der Waals surface area contributed by atoms with Crippen LogP contribution in [0.5, 0.6) is 0 Å². The minimum absolute atomic E-state index is 0.162. The van der Waals surface area contributed by atoms with Gasteiger partial charge in [0.25, 0.3) is 0 Å². The molecule has 1 aliphatic rings. The van der Waals surface area contributed by atoms with E-state index in [2.05, 4.69) is 19.2 Å². The lowest BCUT2D eigenvalue weighted by Crippen LogP contribution is -2.51. The summed E-state index contributed by atoms with van der Waals surface area (Å²) in [5, 5.41) is 12.0. The molecule has 1 rings (SSSR count). The number of nitrogens with one attached hydrogen (secondary N) is 1. The summed E-state index contributed by atoms with van der Waals surface area (Å²) in [4.78, 5) is 24.6. The molecule has 0 spiro atoms. The number of rotatable bonds is 5. The van der Waals surface area contributed by atoms with Gasteiger partial charge in [-0.2, -0.15) is 0 Å². The van der Waals surface area contributed by atoms with E-state index in [0.717, 1.165) is 12.8 Å². The van der Waals surface area contributed by atoms with Crippen LogP contribution in [0.3, 0.4) is 0 Å². The van der Waals surface area contributed by atoms with Gasteiger partial charge >= 0.3 is 12.0 Å². The molecule has 3 atom stereocenters. The Labute approximate surface area is 121 Å². The van der Waals surface area contributed by atoms with Crippen LogP contribution in [0, 0.1) is 17.8 Å². The van der Waals surface area contributed by atoms with Crippen LogP contribution in [0.4, 0.5) is 4.79 Å². The summed E-state index contributed by atoms with van der Waals surface area (Å²) in [6, 6.07) is -0.0817. The highest BCUT2D eigenvalue weighted by molar-refractivity contribution is 5.80. The molecule has 0 bridgehead atoms. The lowest BCUT2D eigenvalue weighted by Gasteiger charge is -2.36. The summed E-state index contributed by atoms with van der Waals surface area (Å²) in [6.45, 7) is 8.57. The Morgan fingerprint density at radius 1 is 1.30 bits per heavy atom.